The third-order valence-corrected chi connectivity index (χ3v) is 3.69. The molecular weight excluding hydrogens is 337 g/mol. The van der Waals surface area contributed by atoms with Crippen LogP contribution in [0.5, 0.6) is 0 Å². The molecule has 1 amide bonds. The lowest BCUT2D eigenvalue weighted by Crippen LogP contribution is -2.14. The number of benzene rings is 2. The van der Waals surface area contributed by atoms with Crippen molar-refractivity contribution in [1.29, 1.82) is 0 Å². The number of carbonyl (C=O) groups excluding carboxylic acids is 1. The molecule has 0 saturated carbocycles. The van der Waals surface area contributed by atoms with E-state index in [0.29, 0.717) is 22.8 Å². The highest BCUT2D eigenvalue weighted by molar-refractivity contribution is 6.06. The molecule has 0 aliphatic carbocycles. The standard InChI is InChI=1S/C19H12FN3O3/c20-14-8-3-1-6-12(14)18(24)21-15-9-4-2-7-13(15)19-22-17(23-26-19)16-10-5-11-25-16/h1-11H,(H,21,24). The van der Waals surface area contributed by atoms with Crippen molar-refractivity contribution in [3.8, 4) is 23.0 Å². The van der Waals surface area contributed by atoms with Crippen LogP contribution in [0.15, 0.2) is 75.9 Å². The zero-order chi connectivity index (χ0) is 17.9. The van der Waals surface area contributed by atoms with E-state index in [1.165, 1.54) is 24.5 Å². The molecule has 2 aromatic carbocycles. The Kier molecular flexibility index (Phi) is 4.03. The summed E-state index contributed by atoms with van der Waals surface area (Å²) >= 11 is 0. The van der Waals surface area contributed by atoms with E-state index in [1.807, 2.05) is 0 Å². The zero-order valence-corrected chi connectivity index (χ0v) is 13.3. The molecule has 0 unspecified atom stereocenters. The minimum absolute atomic E-state index is 0.0518. The average molecular weight is 349 g/mol. The maximum absolute atomic E-state index is 13.8. The molecule has 4 rings (SSSR count). The van der Waals surface area contributed by atoms with Crippen molar-refractivity contribution in [2.24, 2.45) is 0 Å². The Balaban J connectivity index is 1.65. The summed E-state index contributed by atoms with van der Waals surface area (Å²) in [5.74, 6) is -0.198. The highest BCUT2D eigenvalue weighted by Gasteiger charge is 2.18. The van der Waals surface area contributed by atoms with Crippen LogP contribution in [0.3, 0.4) is 0 Å². The molecule has 2 heterocycles. The third kappa shape index (κ3) is 2.98. The number of carbonyl (C=O) groups is 1. The van der Waals surface area contributed by atoms with Gasteiger partial charge in [-0.2, -0.15) is 4.98 Å². The fraction of sp³-hybridized carbons (Fsp3) is 0. The van der Waals surface area contributed by atoms with Gasteiger partial charge >= 0.3 is 0 Å². The van der Waals surface area contributed by atoms with Crippen LogP contribution in [-0.4, -0.2) is 16.0 Å². The summed E-state index contributed by atoms with van der Waals surface area (Å²) in [5.41, 5.74) is 0.891. The second kappa shape index (κ2) is 6.64. The van der Waals surface area contributed by atoms with Crippen molar-refractivity contribution >= 4 is 11.6 Å². The SMILES string of the molecule is O=C(Nc1ccccc1-c1nc(-c2ccco2)no1)c1ccccc1F. The molecule has 26 heavy (non-hydrogen) atoms. The van der Waals surface area contributed by atoms with Gasteiger partial charge in [0.25, 0.3) is 11.8 Å². The van der Waals surface area contributed by atoms with Gasteiger partial charge < -0.3 is 14.3 Å². The van der Waals surface area contributed by atoms with Crippen molar-refractivity contribution < 1.29 is 18.1 Å². The van der Waals surface area contributed by atoms with Crippen LogP contribution < -0.4 is 5.32 Å². The Morgan fingerprint density at radius 1 is 1.00 bits per heavy atom. The van der Waals surface area contributed by atoms with E-state index >= 15 is 0 Å². The molecule has 0 atom stereocenters. The number of hydrogen-bond acceptors (Lipinski definition) is 5. The smallest absolute Gasteiger partial charge is 0.260 e. The van der Waals surface area contributed by atoms with Gasteiger partial charge in [-0.05, 0) is 36.4 Å². The molecule has 0 bridgehead atoms. The lowest BCUT2D eigenvalue weighted by Gasteiger charge is -2.09. The Hall–Kier alpha value is -3.74. The molecule has 6 nitrogen and oxygen atoms in total. The predicted molar refractivity (Wildman–Crippen MR) is 91.8 cm³/mol. The van der Waals surface area contributed by atoms with Crippen LogP contribution in [0.25, 0.3) is 23.0 Å². The minimum Gasteiger partial charge on any atom is -0.461 e. The Labute approximate surface area is 147 Å². The number of amides is 1. The fourth-order valence-electron chi connectivity index (χ4n) is 2.45. The second-order valence-corrected chi connectivity index (χ2v) is 5.38. The predicted octanol–water partition coefficient (Wildman–Crippen LogP) is 4.39. The highest BCUT2D eigenvalue weighted by Crippen LogP contribution is 2.29. The molecule has 0 aliphatic heterocycles. The molecule has 7 heteroatoms. The number of nitrogens with zero attached hydrogens (tertiary/aromatic N) is 2. The zero-order valence-electron chi connectivity index (χ0n) is 13.3. The number of aromatic nitrogens is 2. The molecule has 0 radical (unpaired) electrons. The fourth-order valence-corrected chi connectivity index (χ4v) is 2.45. The molecule has 1 N–H and O–H groups in total. The maximum Gasteiger partial charge on any atom is 0.260 e. The van der Waals surface area contributed by atoms with E-state index < -0.39 is 11.7 Å². The molecule has 0 aliphatic rings. The number of rotatable bonds is 4. The van der Waals surface area contributed by atoms with E-state index in [9.17, 15) is 9.18 Å². The number of hydrogen-bond donors (Lipinski definition) is 1. The monoisotopic (exact) mass is 349 g/mol. The summed E-state index contributed by atoms with van der Waals surface area (Å²) in [5, 5.41) is 6.56. The van der Waals surface area contributed by atoms with Gasteiger partial charge in [0.05, 0.1) is 23.1 Å². The minimum atomic E-state index is -0.597. The number of anilines is 1. The Morgan fingerprint density at radius 2 is 1.81 bits per heavy atom. The number of furan rings is 1. The summed E-state index contributed by atoms with van der Waals surface area (Å²) in [6.07, 6.45) is 1.51. The lowest BCUT2D eigenvalue weighted by atomic mass is 10.1. The molecule has 0 saturated heterocycles. The maximum atomic E-state index is 13.8. The summed E-state index contributed by atoms with van der Waals surface area (Å²) in [7, 11) is 0. The van der Waals surface area contributed by atoms with Crippen LogP contribution in [0.4, 0.5) is 10.1 Å². The Morgan fingerprint density at radius 3 is 2.62 bits per heavy atom. The van der Waals surface area contributed by atoms with Gasteiger partial charge in [0, 0.05) is 0 Å². The topological polar surface area (TPSA) is 81.2 Å². The first-order valence-corrected chi connectivity index (χ1v) is 7.75. The number of halogens is 1. The average Bonchev–Trinajstić information content (AvgIpc) is 3.34. The van der Waals surface area contributed by atoms with Gasteiger partial charge in [-0.3, -0.25) is 4.79 Å². The highest BCUT2D eigenvalue weighted by atomic mass is 19.1. The van der Waals surface area contributed by atoms with E-state index in [2.05, 4.69) is 15.5 Å². The van der Waals surface area contributed by atoms with E-state index in [-0.39, 0.29) is 11.5 Å². The summed E-state index contributed by atoms with van der Waals surface area (Å²) < 4.78 is 24.3. The first-order valence-electron chi connectivity index (χ1n) is 7.75. The Bertz CT molecular complexity index is 1060. The van der Waals surface area contributed by atoms with Crippen molar-refractivity contribution in [3.63, 3.8) is 0 Å². The van der Waals surface area contributed by atoms with E-state index in [0.717, 1.165) is 0 Å². The van der Waals surface area contributed by atoms with Gasteiger partial charge in [-0.1, -0.05) is 29.4 Å². The summed E-state index contributed by atoms with van der Waals surface area (Å²) in [4.78, 5) is 16.7. The van der Waals surface area contributed by atoms with Gasteiger partial charge in [-0.15, -0.1) is 0 Å². The van der Waals surface area contributed by atoms with Gasteiger partial charge in [0.2, 0.25) is 5.82 Å². The first kappa shape index (κ1) is 15.8. The summed E-state index contributed by atoms with van der Waals surface area (Å²) in [6.45, 7) is 0. The van der Waals surface area contributed by atoms with Crippen LogP contribution in [0.2, 0.25) is 0 Å². The van der Waals surface area contributed by atoms with Crippen molar-refractivity contribution in [2.45, 2.75) is 0 Å². The van der Waals surface area contributed by atoms with Crippen molar-refractivity contribution in [1.82, 2.24) is 10.1 Å². The van der Waals surface area contributed by atoms with Crippen molar-refractivity contribution in [2.75, 3.05) is 5.32 Å². The summed E-state index contributed by atoms with van der Waals surface area (Å²) in [6, 6.07) is 16.1. The normalized spacial score (nSPS) is 10.7. The van der Waals surface area contributed by atoms with Crippen LogP contribution >= 0.6 is 0 Å². The quantitative estimate of drug-likeness (QED) is 0.591. The van der Waals surface area contributed by atoms with Crippen molar-refractivity contribution in [3.05, 3.63) is 78.3 Å². The van der Waals surface area contributed by atoms with Gasteiger partial charge in [0.1, 0.15) is 5.82 Å². The molecule has 4 aromatic rings. The van der Waals surface area contributed by atoms with Crippen LogP contribution in [-0.2, 0) is 0 Å². The molecule has 0 fully saturated rings. The lowest BCUT2D eigenvalue weighted by molar-refractivity contribution is 0.102. The third-order valence-electron chi connectivity index (χ3n) is 3.69. The van der Waals surface area contributed by atoms with Gasteiger partial charge in [-0.25, -0.2) is 4.39 Å². The van der Waals surface area contributed by atoms with E-state index in [1.54, 1.807) is 42.5 Å². The van der Waals surface area contributed by atoms with Gasteiger partial charge in [0.15, 0.2) is 5.76 Å². The largest absolute Gasteiger partial charge is 0.461 e. The van der Waals surface area contributed by atoms with Crippen LogP contribution in [0.1, 0.15) is 10.4 Å². The number of para-hydroxylation sites is 1. The second-order valence-electron chi connectivity index (χ2n) is 5.38. The molecule has 0 spiro atoms. The van der Waals surface area contributed by atoms with E-state index in [4.69, 9.17) is 8.94 Å². The molecular formula is C19H12FN3O3. The number of nitrogens with one attached hydrogen (secondary N) is 1. The first-order chi connectivity index (χ1) is 12.7. The molecule has 2 aromatic heterocycles. The molecule has 128 valence electrons. The van der Waals surface area contributed by atoms with Crippen LogP contribution in [0, 0.1) is 5.82 Å².